The first-order valence-electron chi connectivity index (χ1n) is 11.3. The van der Waals surface area contributed by atoms with Gasteiger partial charge in [0.15, 0.2) is 26.5 Å². The van der Waals surface area contributed by atoms with E-state index < -0.39 is 39.8 Å². The molecule has 1 unspecified atom stereocenters. The second-order valence-electron chi connectivity index (χ2n) is 7.97. The molecule has 0 radical (unpaired) electrons. The molecule has 202 valence electrons. The molecule has 1 atom stereocenters. The van der Waals surface area contributed by atoms with E-state index >= 15 is 0 Å². The van der Waals surface area contributed by atoms with Gasteiger partial charge in [-0.2, -0.15) is 9.98 Å². The number of ether oxygens (including phenoxy) is 1. The molecule has 0 aliphatic carbocycles. The molecule has 11 nitrogen and oxygen atoms in total. The van der Waals surface area contributed by atoms with Crippen LogP contribution in [0.25, 0.3) is 10.6 Å². The van der Waals surface area contributed by atoms with Crippen LogP contribution in [0, 0.1) is 17.1 Å². The zero-order valence-electron chi connectivity index (χ0n) is 20.1. The first-order chi connectivity index (χ1) is 18.6. The SMILES string of the molecule is N#Cc1ccc(OP(=O)([O-])CNS(=O)(=O)c2nnc(-c3ccc(OCCC[n+]4ccccc4)cc3)s2)cc1F. The molecule has 0 fully saturated rings. The molecule has 15 heteroatoms. The van der Waals surface area contributed by atoms with E-state index in [4.69, 9.17) is 14.5 Å². The molecule has 1 N–H and O–H groups in total. The van der Waals surface area contributed by atoms with Gasteiger partial charge < -0.3 is 14.2 Å². The van der Waals surface area contributed by atoms with Crippen molar-refractivity contribution >= 4 is 29.0 Å². The highest BCUT2D eigenvalue weighted by molar-refractivity contribution is 7.91. The number of nitriles is 1. The third-order valence-corrected chi connectivity index (χ3v) is 9.09. The number of hydrogen-bond acceptors (Lipinski definition) is 10. The summed E-state index contributed by atoms with van der Waals surface area (Å²) in [4.78, 5) is 12.2. The Hall–Kier alpha value is -3.73. The van der Waals surface area contributed by atoms with Crippen molar-refractivity contribution in [1.82, 2.24) is 14.9 Å². The fourth-order valence-electron chi connectivity index (χ4n) is 3.21. The molecule has 0 saturated heterocycles. The van der Waals surface area contributed by atoms with Gasteiger partial charge in [0, 0.05) is 30.2 Å². The van der Waals surface area contributed by atoms with Gasteiger partial charge in [0.1, 0.15) is 28.4 Å². The predicted octanol–water partition coefficient (Wildman–Crippen LogP) is 2.84. The summed E-state index contributed by atoms with van der Waals surface area (Å²) in [6.45, 7) is 1.33. The summed E-state index contributed by atoms with van der Waals surface area (Å²) in [6.07, 6.45) is 3.66. The predicted molar refractivity (Wildman–Crippen MR) is 137 cm³/mol. The third kappa shape index (κ3) is 7.89. The lowest BCUT2D eigenvalue weighted by atomic mass is 10.2. The number of rotatable bonds is 12. The van der Waals surface area contributed by atoms with Crippen LogP contribution in [0.2, 0.25) is 0 Å². The monoisotopic (exact) mass is 589 g/mol. The second kappa shape index (κ2) is 12.4. The smallest absolute Gasteiger partial charge is 0.270 e. The Bertz CT molecular complexity index is 1630. The van der Waals surface area contributed by atoms with E-state index in [0.29, 0.717) is 22.9 Å². The van der Waals surface area contributed by atoms with Crippen LogP contribution in [0.4, 0.5) is 4.39 Å². The van der Waals surface area contributed by atoms with Crippen molar-refractivity contribution in [3.05, 3.63) is 84.4 Å². The van der Waals surface area contributed by atoms with Gasteiger partial charge in [-0.1, -0.05) is 17.4 Å². The van der Waals surface area contributed by atoms with Crippen molar-refractivity contribution in [3.63, 3.8) is 0 Å². The lowest BCUT2D eigenvalue weighted by Crippen LogP contribution is -2.33. The summed E-state index contributed by atoms with van der Waals surface area (Å²) in [5, 5.41) is 16.6. The van der Waals surface area contributed by atoms with Crippen LogP contribution < -0.4 is 23.4 Å². The summed E-state index contributed by atoms with van der Waals surface area (Å²) in [5.41, 5.74) is 0.304. The van der Waals surface area contributed by atoms with Crippen LogP contribution in [-0.4, -0.2) is 31.5 Å². The lowest BCUT2D eigenvalue weighted by Gasteiger charge is -2.24. The van der Waals surface area contributed by atoms with Crippen molar-refractivity contribution in [3.8, 4) is 28.1 Å². The molecule has 2 aromatic heterocycles. The third-order valence-electron chi connectivity index (χ3n) is 5.10. The fourth-order valence-corrected chi connectivity index (χ4v) is 6.73. The zero-order chi connectivity index (χ0) is 27.9. The van der Waals surface area contributed by atoms with Gasteiger partial charge in [-0.25, -0.2) is 17.4 Å². The van der Waals surface area contributed by atoms with E-state index in [1.165, 1.54) is 0 Å². The summed E-state index contributed by atoms with van der Waals surface area (Å²) < 4.78 is 65.1. The Balaban J connectivity index is 1.31. The number of nitrogens with one attached hydrogen (secondary N) is 1. The Morgan fingerprint density at radius 3 is 2.51 bits per heavy atom. The Labute approximate surface area is 227 Å². The molecular formula is C24H21FN5O6PS2. The number of aryl methyl sites for hydroxylation is 1. The number of pyridine rings is 1. The number of sulfonamides is 1. The normalized spacial score (nSPS) is 12.8. The average Bonchev–Trinajstić information content (AvgIpc) is 3.43. The van der Waals surface area contributed by atoms with Crippen molar-refractivity contribution in [2.24, 2.45) is 0 Å². The summed E-state index contributed by atoms with van der Waals surface area (Å²) in [5.74, 6) is -0.729. The van der Waals surface area contributed by atoms with Gasteiger partial charge >= 0.3 is 0 Å². The van der Waals surface area contributed by atoms with E-state index in [1.54, 1.807) is 30.3 Å². The van der Waals surface area contributed by atoms with E-state index in [0.717, 1.165) is 42.5 Å². The van der Waals surface area contributed by atoms with Gasteiger partial charge in [-0.3, -0.25) is 4.57 Å². The maximum absolute atomic E-state index is 13.7. The van der Waals surface area contributed by atoms with E-state index in [9.17, 15) is 22.3 Å². The zero-order valence-corrected chi connectivity index (χ0v) is 22.7. The standard InChI is InChI=1S/C24H21FN5O6PS2/c25-22-15-21(10-7-19(22)16-26)36-37(31,32)17-27-39(33,34)24-29-28-23(38-24)18-5-8-20(9-6-18)35-14-4-13-30-11-2-1-3-12-30/h1-3,5-12,15,27H,4,13-14,17H2. The maximum atomic E-state index is 13.7. The average molecular weight is 590 g/mol. The van der Waals surface area contributed by atoms with Crippen LogP contribution in [0.1, 0.15) is 12.0 Å². The largest absolute Gasteiger partial charge is 0.768 e. The second-order valence-corrected chi connectivity index (χ2v) is 12.6. The highest BCUT2D eigenvalue weighted by Crippen LogP contribution is 2.38. The lowest BCUT2D eigenvalue weighted by molar-refractivity contribution is -0.697. The number of halogens is 1. The highest BCUT2D eigenvalue weighted by atomic mass is 32.2. The molecule has 4 rings (SSSR count). The summed E-state index contributed by atoms with van der Waals surface area (Å²) in [6, 6.07) is 17.2. The van der Waals surface area contributed by atoms with Gasteiger partial charge in [-0.15, -0.1) is 10.2 Å². The van der Waals surface area contributed by atoms with Crippen molar-refractivity contribution in [2.45, 2.75) is 17.3 Å². The molecule has 0 bridgehead atoms. The van der Waals surface area contributed by atoms with Gasteiger partial charge in [0.2, 0.25) is 4.34 Å². The molecule has 39 heavy (non-hydrogen) atoms. The van der Waals surface area contributed by atoms with Crippen molar-refractivity contribution in [1.29, 1.82) is 5.26 Å². The van der Waals surface area contributed by atoms with Crippen LogP contribution in [0.15, 0.2) is 77.4 Å². The number of benzene rings is 2. The minimum absolute atomic E-state index is 0.295. The van der Waals surface area contributed by atoms with Gasteiger partial charge in [0.05, 0.1) is 18.5 Å². The molecule has 0 aliphatic rings. The Kier molecular flexibility index (Phi) is 9.01. The van der Waals surface area contributed by atoms with Gasteiger partial charge in [-0.05, 0) is 36.4 Å². The van der Waals surface area contributed by atoms with Crippen molar-refractivity contribution in [2.75, 3.05) is 12.9 Å². The van der Waals surface area contributed by atoms with Crippen molar-refractivity contribution < 1.29 is 36.1 Å². The highest BCUT2D eigenvalue weighted by Gasteiger charge is 2.23. The molecule has 0 spiro atoms. The van der Waals surface area contributed by atoms with E-state index in [-0.39, 0.29) is 5.56 Å². The Morgan fingerprint density at radius 1 is 1.10 bits per heavy atom. The number of aromatic nitrogens is 3. The molecule has 0 aliphatic heterocycles. The van der Waals surface area contributed by atoms with E-state index in [2.05, 4.69) is 14.8 Å². The quantitative estimate of drug-likeness (QED) is 0.149. The van der Waals surface area contributed by atoms with Gasteiger partial charge in [0.25, 0.3) is 10.0 Å². The summed E-state index contributed by atoms with van der Waals surface area (Å²) >= 11 is 0.749. The minimum Gasteiger partial charge on any atom is -0.768 e. The first kappa shape index (κ1) is 28.3. The topological polar surface area (TPSA) is 158 Å². The minimum atomic E-state index is -4.81. The summed E-state index contributed by atoms with van der Waals surface area (Å²) in [7, 11) is -9.15. The van der Waals surface area contributed by atoms with E-state index in [1.807, 2.05) is 35.3 Å². The van der Waals surface area contributed by atoms with Crippen LogP contribution in [-0.2, 0) is 21.1 Å². The number of nitrogens with zero attached hydrogens (tertiary/aromatic N) is 4. The van der Waals surface area contributed by atoms with Crippen LogP contribution in [0.3, 0.4) is 0 Å². The Morgan fingerprint density at radius 2 is 1.82 bits per heavy atom. The molecule has 0 amide bonds. The maximum Gasteiger partial charge on any atom is 0.270 e. The molecule has 0 saturated carbocycles. The molecule has 2 aromatic carbocycles. The molecular weight excluding hydrogens is 568 g/mol. The fraction of sp³-hybridized carbons (Fsp3) is 0.167. The number of hydrogen-bond donors (Lipinski definition) is 1. The molecule has 4 aromatic rings. The van der Waals surface area contributed by atoms with Crippen LogP contribution in [0.5, 0.6) is 11.5 Å². The van der Waals surface area contributed by atoms with Crippen LogP contribution >= 0.6 is 18.9 Å². The molecule has 2 heterocycles. The first-order valence-corrected chi connectivity index (χ1v) is 15.4.